The number of hydrogen-bond donors (Lipinski definition) is 0. The van der Waals surface area contributed by atoms with Crippen molar-refractivity contribution in [1.82, 2.24) is 0 Å². The number of hydrogen-bond acceptors (Lipinski definition) is 0. The maximum atomic E-state index is 4.27. The first-order valence-corrected chi connectivity index (χ1v) is 7.00. The Morgan fingerprint density at radius 3 is 1.84 bits per heavy atom. The van der Waals surface area contributed by atoms with Crippen molar-refractivity contribution in [3.05, 3.63) is 78.7 Å². The quantitative estimate of drug-likeness (QED) is 0.681. The van der Waals surface area contributed by atoms with Gasteiger partial charge >= 0.3 is 0 Å². The second-order valence-electron chi connectivity index (χ2n) is 5.30. The predicted octanol–water partition coefficient (Wildman–Crippen LogP) is 5.23. The minimum atomic E-state index is 0.544. The van der Waals surface area contributed by atoms with Crippen LogP contribution in [0.3, 0.4) is 0 Å². The molecule has 1 aliphatic rings. The van der Waals surface area contributed by atoms with E-state index in [2.05, 4.69) is 67.6 Å². The Labute approximate surface area is 115 Å². The largest absolute Gasteiger partial charge is 0.0622 e. The van der Waals surface area contributed by atoms with Crippen molar-refractivity contribution in [2.24, 2.45) is 5.92 Å². The summed E-state index contributed by atoms with van der Waals surface area (Å²) in [7, 11) is 0. The van der Waals surface area contributed by atoms with Crippen LogP contribution in [0.4, 0.5) is 0 Å². The fourth-order valence-corrected chi connectivity index (χ4v) is 2.90. The summed E-state index contributed by atoms with van der Waals surface area (Å²) >= 11 is 0. The molecule has 1 atom stereocenters. The van der Waals surface area contributed by atoms with Gasteiger partial charge in [-0.2, -0.15) is 0 Å². The molecule has 1 aliphatic carbocycles. The number of benzene rings is 2. The Bertz CT molecular complexity index is 564. The summed E-state index contributed by atoms with van der Waals surface area (Å²) in [6.07, 6.45) is 3.43. The molecular formula is C19H19. The molecule has 95 valence electrons. The van der Waals surface area contributed by atoms with E-state index >= 15 is 0 Å². The van der Waals surface area contributed by atoms with E-state index in [1.165, 1.54) is 28.7 Å². The van der Waals surface area contributed by atoms with E-state index in [0.29, 0.717) is 5.92 Å². The third-order valence-electron chi connectivity index (χ3n) is 3.90. The molecule has 2 aromatic carbocycles. The van der Waals surface area contributed by atoms with Crippen LogP contribution in [0.25, 0.3) is 11.1 Å². The van der Waals surface area contributed by atoms with Crippen molar-refractivity contribution < 1.29 is 0 Å². The van der Waals surface area contributed by atoms with Gasteiger partial charge in [-0.25, -0.2) is 0 Å². The SMILES string of the molecule is [CH2][C@@H]1CCC(c2ccccc2)=C(c2ccccc2)C1. The summed E-state index contributed by atoms with van der Waals surface area (Å²) in [5.74, 6) is 0.544. The summed E-state index contributed by atoms with van der Waals surface area (Å²) in [5, 5.41) is 0. The molecule has 2 aromatic rings. The Morgan fingerprint density at radius 1 is 0.737 bits per heavy atom. The molecule has 0 fully saturated rings. The van der Waals surface area contributed by atoms with Gasteiger partial charge in [-0.15, -0.1) is 0 Å². The maximum Gasteiger partial charge on any atom is -0.0221 e. The molecule has 0 amide bonds. The van der Waals surface area contributed by atoms with E-state index in [-0.39, 0.29) is 0 Å². The topological polar surface area (TPSA) is 0 Å². The lowest BCUT2D eigenvalue weighted by atomic mass is 9.79. The van der Waals surface area contributed by atoms with Crippen molar-refractivity contribution >= 4 is 11.1 Å². The third-order valence-corrected chi connectivity index (χ3v) is 3.90. The monoisotopic (exact) mass is 247 g/mol. The van der Waals surface area contributed by atoms with E-state index in [1.807, 2.05) is 0 Å². The minimum absolute atomic E-state index is 0.544. The van der Waals surface area contributed by atoms with Gasteiger partial charge in [-0.1, -0.05) is 60.7 Å². The van der Waals surface area contributed by atoms with Crippen LogP contribution in [0, 0.1) is 12.8 Å². The van der Waals surface area contributed by atoms with E-state index < -0.39 is 0 Å². The van der Waals surface area contributed by atoms with Gasteiger partial charge in [0, 0.05) is 0 Å². The van der Waals surface area contributed by atoms with Gasteiger partial charge in [0.1, 0.15) is 0 Å². The standard InChI is InChI=1S/C19H19/c1-15-12-13-18(16-8-4-2-5-9-16)19(14-15)17-10-6-3-7-11-17/h2-11,15H,1,12-14H2/t15-/m1/s1. The van der Waals surface area contributed by atoms with Crippen LogP contribution >= 0.6 is 0 Å². The smallest absolute Gasteiger partial charge is 0.0221 e. The van der Waals surface area contributed by atoms with Crippen molar-refractivity contribution in [3.63, 3.8) is 0 Å². The van der Waals surface area contributed by atoms with Crippen LogP contribution < -0.4 is 0 Å². The van der Waals surface area contributed by atoms with E-state index in [1.54, 1.807) is 0 Å². The summed E-state index contributed by atoms with van der Waals surface area (Å²) in [6, 6.07) is 21.5. The molecule has 19 heavy (non-hydrogen) atoms. The highest BCUT2D eigenvalue weighted by Gasteiger charge is 2.19. The Morgan fingerprint density at radius 2 is 1.26 bits per heavy atom. The van der Waals surface area contributed by atoms with Gasteiger partial charge in [0.2, 0.25) is 0 Å². The van der Waals surface area contributed by atoms with Crippen LogP contribution in [0.5, 0.6) is 0 Å². The number of allylic oxidation sites excluding steroid dienone is 2. The molecule has 3 rings (SSSR count). The van der Waals surface area contributed by atoms with Crippen LogP contribution in [0.1, 0.15) is 30.4 Å². The van der Waals surface area contributed by atoms with E-state index in [0.717, 1.165) is 12.8 Å². The van der Waals surface area contributed by atoms with Gasteiger partial charge in [-0.05, 0) is 54.4 Å². The molecule has 0 nitrogen and oxygen atoms in total. The highest BCUT2D eigenvalue weighted by Crippen LogP contribution is 2.40. The lowest BCUT2D eigenvalue weighted by molar-refractivity contribution is 0.598. The molecule has 0 spiro atoms. The third kappa shape index (κ3) is 2.63. The molecule has 0 saturated carbocycles. The first-order valence-electron chi connectivity index (χ1n) is 7.00. The van der Waals surface area contributed by atoms with Crippen LogP contribution in [0.15, 0.2) is 60.7 Å². The predicted molar refractivity (Wildman–Crippen MR) is 82.4 cm³/mol. The fraction of sp³-hybridized carbons (Fsp3) is 0.211. The van der Waals surface area contributed by atoms with Gasteiger partial charge in [0.05, 0.1) is 0 Å². The highest BCUT2D eigenvalue weighted by atomic mass is 14.2. The molecular weight excluding hydrogens is 228 g/mol. The van der Waals surface area contributed by atoms with E-state index in [9.17, 15) is 0 Å². The summed E-state index contributed by atoms with van der Waals surface area (Å²) in [5.41, 5.74) is 5.72. The maximum absolute atomic E-state index is 4.27. The van der Waals surface area contributed by atoms with Gasteiger partial charge < -0.3 is 0 Å². The average molecular weight is 247 g/mol. The zero-order valence-corrected chi connectivity index (χ0v) is 11.2. The zero-order valence-electron chi connectivity index (χ0n) is 11.2. The molecule has 0 heterocycles. The highest BCUT2D eigenvalue weighted by molar-refractivity contribution is 5.91. The molecule has 0 bridgehead atoms. The van der Waals surface area contributed by atoms with E-state index in [4.69, 9.17) is 0 Å². The fourth-order valence-electron chi connectivity index (χ4n) is 2.90. The van der Waals surface area contributed by atoms with Gasteiger partial charge in [0.25, 0.3) is 0 Å². The first-order chi connectivity index (χ1) is 9.34. The van der Waals surface area contributed by atoms with Crippen LogP contribution in [0.2, 0.25) is 0 Å². The molecule has 0 aliphatic heterocycles. The normalized spacial score (nSPS) is 19.5. The second kappa shape index (κ2) is 5.44. The lowest BCUT2D eigenvalue weighted by Gasteiger charge is -2.25. The Balaban J connectivity index is 2.10. The summed E-state index contributed by atoms with van der Waals surface area (Å²) in [4.78, 5) is 0. The van der Waals surface area contributed by atoms with Gasteiger partial charge in [-0.3, -0.25) is 0 Å². The lowest BCUT2D eigenvalue weighted by Crippen LogP contribution is -2.07. The Hall–Kier alpha value is -1.82. The second-order valence-corrected chi connectivity index (χ2v) is 5.30. The molecule has 0 unspecified atom stereocenters. The van der Waals surface area contributed by atoms with Crippen LogP contribution in [-0.4, -0.2) is 0 Å². The minimum Gasteiger partial charge on any atom is -0.0622 e. The molecule has 0 heteroatoms. The zero-order chi connectivity index (χ0) is 13.1. The van der Waals surface area contributed by atoms with Crippen molar-refractivity contribution in [3.8, 4) is 0 Å². The van der Waals surface area contributed by atoms with Crippen LogP contribution in [-0.2, 0) is 0 Å². The molecule has 1 radical (unpaired) electrons. The first kappa shape index (κ1) is 12.2. The van der Waals surface area contributed by atoms with Crippen molar-refractivity contribution in [1.29, 1.82) is 0 Å². The number of rotatable bonds is 2. The molecule has 0 saturated heterocycles. The Kier molecular flexibility index (Phi) is 3.50. The van der Waals surface area contributed by atoms with Crippen molar-refractivity contribution in [2.75, 3.05) is 0 Å². The average Bonchev–Trinajstić information content (AvgIpc) is 2.49. The van der Waals surface area contributed by atoms with Gasteiger partial charge in [0.15, 0.2) is 0 Å². The summed E-state index contributed by atoms with van der Waals surface area (Å²) < 4.78 is 0. The summed E-state index contributed by atoms with van der Waals surface area (Å²) in [6.45, 7) is 4.27. The van der Waals surface area contributed by atoms with Crippen molar-refractivity contribution in [2.45, 2.75) is 19.3 Å². The molecule has 0 aromatic heterocycles. The molecule has 0 N–H and O–H groups in total.